The van der Waals surface area contributed by atoms with Crippen molar-refractivity contribution in [3.8, 4) is 0 Å². The van der Waals surface area contributed by atoms with E-state index in [9.17, 15) is 0 Å². The van der Waals surface area contributed by atoms with Crippen molar-refractivity contribution >= 4 is 0 Å². The van der Waals surface area contributed by atoms with Crippen molar-refractivity contribution in [2.75, 3.05) is 0 Å². The Morgan fingerprint density at radius 2 is 1.85 bits per heavy atom. The van der Waals surface area contributed by atoms with Crippen LogP contribution in [0.5, 0.6) is 0 Å². The molecule has 0 saturated heterocycles. The highest BCUT2D eigenvalue weighted by atomic mass is 15.3. The lowest BCUT2D eigenvalue weighted by Gasteiger charge is -2.19. The lowest BCUT2D eigenvalue weighted by Crippen LogP contribution is -2.35. The summed E-state index contributed by atoms with van der Waals surface area (Å²) < 4.78 is 2.04. The third-order valence-electron chi connectivity index (χ3n) is 3.19. The number of hydrogen-bond donors (Lipinski definition) is 1. The average molecular weight is 271 g/mol. The van der Waals surface area contributed by atoms with E-state index in [4.69, 9.17) is 0 Å². The van der Waals surface area contributed by atoms with Crippen LogP contribution in [0.1, 0.15) is 38.4 Å². The Morgan fingerprint density at radius 1 is 1.10 bits per heavy atom. The number of nitrogens with zero attached hydrogens (tertiary/aromatic N) is 2. The molecule has 0 aliphatic rings. The second-order valence-corrected chi connectivity index (χ2v) is 6.26. The van der Waals surface area contributed by atoms with Gasteiger partial charge in [0.1, 0.15) is 0 Å². The second kappa shape index (κ2) is 6.71. The Kier molecular flexibility index (Phi) is 4.96. The van der Waals surface area contributed by atoms with Gasteiger partial charge >= 0.3 is 0 Å². The van der Waals surface area contributed by atoms with E-state index in [-0.39, 0.29) is 5.54 Å². The molecule has 0 fully saturated rings. The first-order chi connectivity index (χ1) is 9.53. The molecule has 1 aromatic heterocycles. The van der Waals surface area contributed by atoms with E-state index in [1.54, 1.807) is 0 Å². The SMILES string of the molecule is CC(C)(C)NCc1ccn(CCCc2ccccc2)n1. The zero-order valence-corrected chi connectivity index (χ0v) is 12.8. The standard InChI is InChI=1S/C17H25N3/c1-17(2,3)18-14-16-11-13-20(19-16)12-7-10-15-8-5-4-6-9-15/h4-6,8-9,11,13,18H,7,10,12,14H2,1-3H3. The lowest BCUT2D eigenvalue weighted by atomic mass is 10.1. The minimum atomic E-state index is 0.136. The third kappa shape index (κ3) is 5.17. The van der Waals surface area contributed by atoms with E-state index in [1.807, 2.05) is 4.68 Å². The van der Waals surface area contributed by atoms with Gasteiger partial charge in [-0.3, -0.25) is 4.68 Å². The molecule has 1 heterocycles. The maximum Gasteiger partial charge on any atom is 0.0762 e. The number of aryl methyl sites for hydroxylation is 2. The average Bonchev–Trinajstić information content (AvgIpc) is 2.85. The summed E-state index contributed by atoms with van der Waals surface area (Å²) >= 11 is 0. The summed E-state index contributed by atoms with van der Waals surface area (Å²) in [6.45, 7) is 8.32. The zero-order chi connectivity index (χ0) is 14.4. The Balaban J connectivity index is 1.75. The van der Waals surface area contributed by atoms with Gasteiger partial charge in [0, 0.05) is 24.8 Å². The first-order valence-electron chi connectivity index (χ1n) is 7.34. The van der Waals surface area contributed by atoms with Crippen LogP contribution >= 0.6 is 0 Å². The van der Waals surface area contributed by atoms with E-state index < -0.39 is 0 Å². The molecule has 2 rings (SSSR count). The molecule has 0 saturated carbocycles. The van der Waals surface area contributed by atoms with Crippen molar-refractivity contribution < 1.29 is 0 Å². The molecule has 3 nitrogen and oxygen atoms in total. The Labute approximate surface area is 122 Å². The molecular weight excluding hydrogens is 246 g/mol. The van der Waals surface area contributed by atoms with E-state index in [0.717, 1.165) is 31.6 Å². The highest BCUT2D eigenvalue weighted by Gasteiger charge is 2.09. The fraction of sp³-hybridized carbons (Fsp3) is 0.471. The maximum absolute atomic E-state index is 4.60. The number of benzene rings is 1. The molecule has 0 unspecified atom stereocenters. The Hall–Kier alpha value is -1.61. The van der Waals surface area contributed by atoms with Gasteiger partial charge in [0.15, 0.2) is 0 Å². The second-order valence-electron chi connectivity index (χ2n) is 6.26. The van der Waals surface area contributed by atoms with Gasteiger partial charge in [-0.2, -0.15) is 5.10 Å². The van der Waals surface area contributed by atoms with Gasteiger partial charge in [0.05, 0.1) is 5.69 Å². The highest BCUT2D eigenvalue weighted by molar-refractivity contribution is 5.14. The largest absolute Gasteiger partial charge is 0.306 e. The van der Waals surface area contributed by atoms with Crippen LogP contribution in [0, 0.1) is 0 Å². The van der Waals surface area contributed by atoms with Crippen molar-refractivity contribution in [1.29, 1.82) is 0 Å². The molecule has 0 bridgehead atoms. The van der Waals surface area contributed by atoms with Crippen molar-refractivity contribution in [3.05, 3.63) is 53.9 Å². The molecule has 0 atom stereocenters. The van der Waals surface area contributed by atoms with Crippen LogP contribution < -0.4 is 5.32 Å². The summed E-state index contributed by atoms with van der Waals surface area (Å²) in [7, 11) is 0. The summed E-state index contributed by atoms with van der Waals surface area (Å²) in [5, 5.41) is 8.06. The monoisotopic (exact) mass is 271 g/mol. The van der Waals surface area contributed by atoms with Gasteiger partial charge in [0.2, 0.25) is 0 Å². The highest BCUT2D eigenvalue weighted by Crippen LogP contribution is 2.05. The van der Waals surface area contributed by atoms with Crippen LogP contribution in [0.3, 0.4) is 0 Å². The predicted octanol–water partition coefficient (Wildman–Crippen LogP) is 3.40. The molecule has 0 aliphatic heterocycles. The normalized spacial score (nSPS) is 11.8. The maximum atomic E-state index is 4.60. The van der Waals surface area contributed by atoms with E-state index in [2.05, 4.69) is 73.8 Å². The molecule has 2 aromatic rings. The van der Waals surface area contributed by atoms with E-state index >= 15 is 0 Å². The summed E-state index contributed by atoms with van der Waals surface area (Å²) in [5.74, 6) is 0. The molecule has 1 N–H and O–H groups in total. The van der Waals surface area contributed by atoms with Crippen LogP contribution in [0.4, 0.5) is 0 Å². The van der Waals surface area contributed by atoms with Crippen LogP contribution in [-0.4, -0.2) is 15.3 Å². The minimum Gasteiger partial charge on any atom is -0.306 e. The van der Waals surface area contributed by atoms with Crippen molar-refractivity contribution in [3.63, 3.8) is 0 Å². The van der Waals surface area contributed by atoms with Crippen molar-refractivity contribution in [1.82, 2.24) is 15.1 Å². The molecule has 0 amide bonds. The van der Waals surface area contributed by atoms with Gasteiger partial charge in [-0.15, -0.1) is 0 Å². The summed E-state index contributed by atoms with van der Waals surface area (Å²) in [6, 6.07) is 12.7. The van der Waals surface area contributed by atoms with Gasteiger partial charge in [-0.1, -0.05) is 30.3 Å². The lowest BCUT2D eigenvalue weighted by molar-refractivity contribution is 0.419. The van der Waals surface area contributed by atoms with Crippen LogP contribution in [-0.2, 0) is 19.5 Å². The summed E-state index contributed by atoms with van der Waals surface area (Å²) in [5.41, 5.74) is 2.64. The van der Waals surface area contributed by atoms with Crippen molar-refractivity contribution in [2.24, 2.45) is 0 Å². The Bertz CT molecular complexity index is 509. The first-order valence-corrected chi connectivity index (χ1v) is 7.34. The minimum absolute atomic E-state index is 0.136. The third-order valence-corrected chi connectivity index (χ3v) is 3.19. The van der Waals surface area contributed by atoms with Gasteiger partial charge in [0.25, 0.3) is 0 Å². The molecule has 0 spiro atoms. The fourth-order valence-corrected chi connectivity index (χ4v) is 2.07. The molecule has 0 radical (unpaired) electrons. The van der Waals surface area contributed by atoms with Crippen LogP contribution in [0.15, 0.2) is 42.6 Å². The van der Waals surface area contributed by atoms with E-state index in [1.165, 1.54) is 5.56 Å². The number of aromatic nitrogens is 2. The molecule has 3 heteroatoms. The fourth-order valence-electron chi connectivity index (χ4n) is 2.07. The molecule has 108 valence electrons. The zero-order valence-electron chi connectivity index (χ0n) is 12.8. The number of hydrogen-bond acceptors (Lipinski definition) is 2. The number of rotatable bonds is 6. The molecule has 0 aliphatic carbocycles. The molecular formula is C17H25N3. The van der Waals surface area contributed by atoms with E-state index in [0.29, 0.717) is 0 Å². The smallest absolute Gasteiger partial charge is 0.0762 e. The topological polar surface area (TPSA) is 29.9 Å². The summed E-state index contributed by atoms with van der Waals surface area (Å²) in [4.78, 5) is 0. The van der Waals surface area contributed by atoms with Crippen LogP contribution in [0.2, 0.25) is 0 Å². The van der Waals surface area contributed by atoms with Crippen LogP contribution in [0.25, 0.3) is 0 Å². The van der Waals surface area contributed by atoms with Gasteiger partial charge < -0.3 is 5.32 Å². The number of nitrogens with one attached hydrogen (secondary N) is 1. The molecule has 20 heavy (non-hydrogen) atoms. The van der Waals surface area contributed by atoms with Gasteiger partial charge in [-0.05, 0) is 45.2 Å². The Morgan fingerprint density at radius 3 is 2.55 bits per heavy atom. The summed E-state index contributed by atoms with van der Waals surface area (Å²) in [6.07, 6.45) is 4.30. The van der Waals surface area contributed by atoms with Crippen molar-refractivity contribution in [2.45, 2.75) is 52.2 Å². The quantitative estimate of drug-likeness (QED) is 0.872. The van der Waals surface area contributed by atoms with Gasteiger partial charge in [-0.25, -0.2) is 0 Å². The predicted molar refractivity (Wildman–Crippen MR) is 83.6 cm³/mol. The molecule has 1 aromatic carbocycles. The first kappa shape index (κ1) is 14.8.